The first kappa shape index (κ1) is 27.2. The third kappa shape index (κ3) is 6.56. The molecular formula is C22H18F3N7O6S. The lowest BCUT2D eigenvalue weighted by molar-refractivity contribution is -0.140. The first-order chi connectivity index (χ1) is 18.5. The number of carboxylic acid groups (broad SMARTS) is 1. The number of alkyl halides is 3. The molecule has 204 valence electrons. The van der Waals surface area contributed by atoms with Crippen molar-refractivity contribution in [2.45, 2.75) is 19.5 Å². The number of ether oxygens (including phenoxy) is 1. The van der Waals surface area contributed by atoms with E-state index in [1.165, 1.54) is 24.5 Å². The van der Waals surface area contributed by atoms with E-state index in [1.807, 2.05) is 0 Å². The molecular weight excluding hydrogens is 547 g/mol. The van der Waals surface area contributed by atoms with Crippen molar-refractivity contribution in [1.82, 2.24) is 30.5 Å². The topological polar surface area (TPSA) is 185 Å². The van der Waals surface area contributed by atoms with Gasteiger partial charge in [-0.2, -0.15) is 13.2 Å². The molecule has 0 radical (unpaired) electrons. The maximum atomic E-state index is 13.3. The van der Waals surface area contributed by atoms with Crippen molar-refractivity contribution in [3.8, 4) is 39.0 Å². The minimum Gasteiger partial charge on any atom is -0.481 e. The zero-order valence-corrected chi connectivity index (χ0v) is 20.6. The molecule has 0 aliphatic rings. The van der Waals surface area contributed by atoms with Gasteiger partial charge in [-0.3, -0.25) is 10.1 Å². The Kier molecular flexibility index (Phi) is 7.89. The Morgan fingerprint density at radius 2 is 1.97 bits per heavy atom. The van der Waals surface area contributed by atoms with Crippen molar-refractivity contribution < 1.29 is 37.0 Å². The maximum Gasteiger partial charge on any atom is 0.434 e. The predicted octanol–water partition coefficient (Wildman–Crippen LogP) is 3.62. The number of nitrogens with zero attached hydrogens (tertiary/aromatic N) is 4. The number of hydrogen-bond acceptors (Lipinski definition) is 10. The third-order valence-corrected chi connectivity index (χ3v) is 5.76. The second-order valence-corrected chi connectivity index (χ2v) is 8.48. The van der Waals surface area contributed by atoms with Gasteiger partial charge in [-0.1, -0.05) is 0 Å². The van der Waals surface area contributed by atoms with Gasteiger partial charge in [0, 0.05) is 41.0 Å². The van der Waals surface area contributed by atoms with Gasteiger partial charge in [0.2, 0.25) is 5.88 Å². The molecule has 0 unspecified atom stereocenters. The van der Waals surface area contributed by atoms with Crippen LogP contribution in [0.25, 0.3) is 33.2 Å². The number of carbonyl (C=O) groups is 2. The molecule has 17 heteroatoms. The van der Waals surface area contributed by atoms with Crippen molar-refractivity contribution in [1.29, 1.82) is 0 Å². The van der Waals surface area contributed by atoms with E-state index >= 15 is 0 Å². The minimum absolute atomic E-state index is 0.0132. The molecule has 0 spiro atoms. The number of anilines is 1. The molecule has 4 N–H and O–H groups in total. The number of nitrogens with one attached hydrogen (secondary N) is 3. The van der Waals surface area contributed by atoms with E-state index in [9.17, 15) is 27.6 Å². The van der Waals surface area contributed by atoms with E-state index in [-0.39, 0.29) is 57.9 Å². The molecule has 4 heterocycles. The number of carboxylic acids is 1. The normalized spacial score (nSPS) is 11.3. The fourth-order valence-electron chi connectivity index (χ4n) is 3.23. The summed E-state index contributed by atoms with van der Waals surface area (Å²) in [4.78, 5) is 46.5. The van der Waals surface area contributed by atoms with Gasteiger partial charge >= 0.3 is 23.9 Å². The smallest absolute Gasteiger partial charge is 0.434 e. The fourth-order valence-corrected chi connectivity index (χ4v) is 4.09. The van der Waals surface area contributed by atoms with Gasteiger partial charge in [0.15, 0.2) is 5.69 Å². The van der Waals surface area contributed by atoms with Crippen LogP contribution in [0.5, 0.6) is 5.88 Å². The molecule has 4 rings (SSSR count). The number of hydrogen-bond donors (Lipinski definition) is 4. The Hall–Kier alpha value is -4.80. The highest BCUT2D eigenvalue weighted by molar-refractivity contribution is 7.13. The van der Waals surface area contributed by atoms with Crippen LogP contribution in [0.4, 0.5) is 23.8 Å². The van der Waals surface area contributed by atoms with Gasteiger partial charge in [-0.25, -0.2) is 29.6 Å². The van der Waals surface area contributed by atoms with E-state index in [2.05, 4.69) is 35.8 Å². The summed E-state index contributed by atoms with van der Waals surface area (Å²) in [5.74, 6) is -2.17. The quantitative estimate of drug-likeness (QED) is 0.234. The number of amides is 2. The Morgan fingerprint density at radius 1 is 1.18 bits per heavy atom. The number of pyridine rings is 2. The molecule has 0 aromatic carbocycles. The SMILES string of the molecule is CCNC(=O)Nc1cc(-c2nc(C(F)(F)F)cs2)c(-c2cc(-c3n[nH]c(=O)o3)cnc2OCCC(=O)O)cn1. The number of halogens is 3. The molecule has 0 saturated heterocycles. The van der Waals surface area contributed by atoms with E-state index in [1.54, 1.807) is 6.92 Å². The average Bonchev–Trinajstić information content (AvgIpc) is 3.54. The van der Waals surface area contributed by atoms with Gasteiger partial charge in [0.1, 0.15) is 17.4 Å². The van der Waals surface area contributed by atoms with Crippen LogP contribution in [0.2, 0.25) is 0 Å². The summed E-state index contributed by atoms with van der Waals surface area (Å²) in [5.41, 5.74) is -0.467. The van der Waals surface area contributed by atoms with E-state index in [0.29, 0.717) is 17.9 Å². The largest absolute Gasteiger partial charge is 0.481 e. The minimum atomic E-state index is -4.70. The van der Waals surface area contributed by atoms with Gasteiger partial charge in [0.25, 0.3) is 5.89 Å². The highest BCUT2D eigenvalue weighted by atomic mass is 32.1. The van der Waals surface area contributed by atoms with Crippen molar-refractivity contribution in [2.75, 3.05) is 18.5 Å². The summed E-state index contributed by atoms with van der Waals surface area (Å²) in [5, 5.41) is 20.6. The van der Waals surface area contributed by atoms with Crippen molar-refractivity contribution in [3.05, 3.63) is 46.2 Å². The molecule has 4 aromatic heterocycles. The molecule has 0 aliphatic heterocycles. The Balaban J connectivity index is 1.88. The monoisotopic (exact) mass is 565 g/mol. The highest BCUT2D eigenvalue weighted by Crippen LogP contribution is 2.41. The van der Waals surface area contributed by atoms with Crippen LogP contribution in [0, 0.1) is 0 Å². The molecule has 39 heavy (non-hydrogen) atoms. The van der Waals surface area contributed by atoms with E-state index in [0.717, 1.165) is 5.38 Å². The number of thiazole rings is 1. The van der Waals surface area contributed by atoms with Crippen molar-refractivity contribution >= 4 is 29.2 Å². The molecule has 0 saturated carbocycles. The molecule has 2 amide bonds. The van der Waals surface area contributed by atoms with Crippen molar-refractivity contribution in [2.24, 2.45) is 0 Å². The first-order valence-corrected chi connectivity index (χ1v) is 11.9. The van der Waals surface area contributed by atoms with Crippen LogP contribution in [-0.4, -0.2) is 55.4 Å². The zero-order valence-electron chi connectivity index (χ0n) is 19.8. The number of aliphatic carboxylic acids is 1. The second kappa shape index (κ2) is 11.3. The summed E-state index contributed by atoms with van der Waals surface area (Å²) in [6, 6.07) is 2.16. The lowest BCUT2D eigenvalue weighted by Crippen LogP contribution is -2.28. The third-order valence-electron chi connectivity index (χ3n) is 4.89. The Bertz CT molecular complexity index is 1570. The molecule has 4 aromatic rings. The summed E-state index contributed by atoms with van der Waals surface area (Å²) in [7, 11) is 0. The summed E-state index contributed by atoms with van der Waals surface area (Å²) in [6.45, 7) is 1.74. The van der Waals surface area contributed by atoms with Crippen LogP contribution in [0.15, 0.2) is 39.1 Å². The molecule has 0 bridgehead atoms. The molecule has 0 fully saturated rings. The maximum absolute atomic E-state index is 13.3. The number of H-pyrrole nitrogens is 1. The van der Waals surface area contributed by atoms with Gasteiger partial charge < -0.3 is 19.6 Å². The standard InChI is InChI=1S/C22H18F3N7O6S/c1-2-26-20(35)30-15-6-12(19-29-14(9-39-19)22(23,24)25)13(8-27-15)11-5-10(17-31-32-21(36)38-17)7-28-18(11)37-4-3-16(33)34/h5-9H,2-4H2,1H3,(H,32,36)(H,33,34)(H2,26,27,30,35). The number of aromatic nitrogens is 5. The van der Waals surface area contributed by atoms with Crippen LogP contribution in [-0.2, 0) is 11.0 Å². The van der Waals surface area contributed by atoms with Crippen LogP contribution in [0.1, 0.15) is 19.0 Å². The fraction of sp³-hybridized carbons (Fsp3) is 0.227. The van der Waals surface area contributed by atoms with Gasteiger partial charge in [0.05, 0.1) is 12.0 Å². The first-order valence-electron chi connectivity index (χ1n) is 11.0. The lowest BCUT2D eigenvalue weighted by Gasteiger charge is -2.15. The Labute approximate surface area is 220 Å². The number of urea groups is 1. The second-order valence-electron chi connectivity index (χ2n) is 7.62. The van der Waals surface area contributed by atoms with E-state index < -0.39 is 29.6 Å². The number of carbonyl (C=O) groups excluding carboxylic acids is 1. The summed E-state index contributed by atoms with van der Waals surface area (Å²) < 4.78 is 50.5. The predicted molar refractivity (Wildman–Crippen MR) is 130 cm³/mol. The van der Waals surface area contributed by atoms with Crippen LogP contribution in [0.3, 0.4) is 0 Å². The highest BCUT2D eigenvalue weighted by Gasteiger charge is 2.34. The van der Waals surface area contributed by atoms with Crippen LogP contribution < -0.4 is 21.1 Å². The number of aromatic amines is 1. The molecule has 0 aliphatic carbocycles. The van der Waals surface area contributed by atoms with Crippen LogP contribution >= 0.6 is 11.3 Å². The average molecular weight is 565 g/mol. The lowest BCUT2D eigenvalue weighted by atomic mass is 10.0. The van der Waals surface area contributed by atoms with Gasteiger partial charge in [-0.15, -0.1) is 16.4 Å². The molecule has 13 nitrogen and oxygen atoms in total. The number of rotatable bonds is 9. The van der Waals surface area contributed by atoms with Gasteiger partial charge in [-0.05, 0) is 19.1 Å². The molecule has 0 atom stereocenters. The Morgan fingerprint density at radius 3 is 2.62 bits per heavy atom. The summed E-state index contributed by atoms with van der Waals surface area (Å²) in [6.07, 6.45) is -2.55. The van der Waals surface area contributed by atoms with Crippen molar-refractivity contribution in [3.63, 3.8) is 0 Å². The van der Waals surface area contributed by atoms with E-state index in [4.69, 9.17) is 14.3 Å². The zero-order chi connectivity index (χ0) is 28.2. The summed E-state index contributed by atoms with van der Waals surface area (Å²) >= 11 is 0.704.